The normalized spacial score (nSPS) is 11.6. The van der Waals surface area contributed by atoms with Crippen LogP contribution in [-0.2, 0) is 15.9 Å². The molecule has 2 aromatic carbocycles. The van der Waals surface area contributed by atoms with Gasteiger partial charge in [0.25, 0.3) is 5.91 Å². The van der Waals surface area contributed by atoms with Gasteiger partial charge in [0.1, 0.15) is 6.23 Å². The van der Waals surface area contributed by atoms with E-state index >= 15 is 0 Å². The van der Waals surface area contributed by atoms with Crippen LogP contribution in [0.5, 0.6) is 0 Å². The van der Waals surface area contributed by atoms with Gasteiger partial charge in [0.2, 0.25) is 5.91 Å². The Morgan fingerprint density at radius 2 is 1.76 bits per heavy atom. The topological polar surface area (TPSA) is 99.1 Å². The maximum absolute atomic E-state index is 12.6. The molecule has 2 amide bonds. The average Bonchev–Trinajstić information content (AvgIpc) is 2.69. The van der Waals surface area contributed by atoms with Crippen molar-refractivity contribution >= 4 is 19.1 Å². The van der Waals surface area contributed by atoms with Crippen LogP contribution in [0.15, 0.2) is 54.6 Å². The number of nitrogens with one attached hydrogen (secondary N) is 1. The maximum atomic E-state index is 12.6. The van der Waals surface area contributed by atoms with Crippen molar-refractivity contribution in [3.8, 4) is 0 Å². The number of hydrogen-bond donors (Lipinski definition) is 3. The number of aryl methyl sites for hydroxylation is 1. The largest absolute Gasteiger partial charge is 0.635 e. The van der Waals surface area contributed by atoms with E-state index in [2.05, 4.69) is 5.32 Å². The van der Waals surface area contributed by atoms with Crippen molar-refractivity contribution in [2.45, 2.75) is 32.9 Å². The monoisotopic (exact) mass is 398 g/mol. The molecule has 2 aromatic rings. The van der Waals surface area contributed by atoms with Gasteiger partial charge in [-0.25, -0.2) is 0 Å². The molecule has 0 aliphatic rings. The molecular formula is C21H27BN2O5. The molecule has 0 aromatic heterocycles. The van der Waals surface area contributed by atoms with Gasteiger partial charge in [-0.1, -0.05) is 48.0 Å². The standard InChI is InChI=1S/C21H27BN2O5/c1-3-24(21(26)18-11-9-16(2)10-12-18)14-13-19(25)23-20(29-22(27)28)15-17-7-5-4-6-8-17/h4-12,20,27-28H,3,13-15H2,1-2H3,(H,23,25)/t20-/m1/s1. The summed E-state index contributed by atoms with van der Waals surface area (Å²) < 4.78 is 4.98. The van der Waals surface area contributed by atoms with Crippen LogP contribution >= 0.6 is 0 Å². The smallest absolute Gasteiger partial charge is 0.402 e. The van der Waals surface area contributed by atoms with Gasteiger partial charge in [0.05, 0.1) is 0 Å². The molecule has 0 aliphatic heterocycles. The van der Waals surface area contributed by atoms with Gasteiger partial charge in [0.15, 0.2) is 0 Å². The van der Waals surface area contributed by atoms with Crippen LogP contribution in [0, 0.1) is 6.92 Å². The predicted octanol–water partition coefficient (Wildman–Crippen LogP) is 1.52. The Morgan fingerprint density at radius 1 is 1.10 bits per heavy atom. The minimum atomic E-state index is -2.00. The fourth-order valence-corrected chi connectivity index (χ4v) is 2.88. The molecule has 1 atom stereocenters. The van der Waals surface area contributed by atoms with E-state index in [4.69, 9.17) is 14.7 Å². The Balaban J connectivity index is 1.92. The molecule has 0 saturated carbocycles. The highest BCUT2D eigenvalue weighted by Crippen LogP contribution is 2.09. The quantitative estimate of drug-likeness (QED) is 0.416. The lowest BCUT2D eigenvalue weighted by Crippen LogP contribution is -2.43. The summed E-state index contributed by atoms with van der Waals surface area (Å²) in [5, 5.41) is 20.9. The van der Waals surface area contributed by atoms with Crippen molar-refractivity contribution in [1.29, 1.82) is 0 Å². The highest BCUT2D eigenvalue weighted by Gasteiger charge is 2.21. The lowest BCUT2D eigenvalue weighted by molar-refractivity contribution is -0.124. The maximum Gasteiger partial charge on any atom is 0.635 e. The molecule has 0 spiro atoms. The van der Waals surface area contributed by atoms with Gasteiger partial charge in [0, 0.05) is 31.5 Å². The summed E-state index contributed by atoms with van der Waals surface area (Å²) in [4.78, 5) is 26.6. The summed E-state index contributed by atoms with van der Waals surface area (Å²) in [6, 6.07) is 16.6. The number of carbonyl (C=O) groups is 2. The molecule has 0 fully saturated rings. The molecule has 3 N–H and O–H groups in total. The third kappa shape index (κ3) is 7.69. The summed E-state index contributed by atoms with van der Waals surface area (Å²) in [5.74, 6) is -0.482. The Kier molecular flexibility index (Phi) is 8.86. The van der Waals surface area contributed by atoms with E-state index in [0.717, 1.165) is 11.1 Å². The van der Waals surface area contributed by atoms with Crippen molar-refractivity contribution in [2.24, 2.45) is 0 Å². The highest BCUT2D eigenvalue weighted by molar-refractivity contribution is 6.32. The van der Waals surface area contributed by atoms with Crippen LogP contribution in [0.2, 0.25) is 0 Å². The first kappa shape index (κ1) is 22.6. The van der Waals surface area contributed by atoms with E-state index in [1.165, 1.54) is 0 Å². The molecular weight excluding hydrogens is 371 g/mol. The summed E-state index contributed by atoms with van der Waals surface area (Å²) in [5.41, 5.74) is 2.52. The fourth-order valence-electron chi connectivity index (χ4n) is 2.88. The van der Waals surface area contributed by atoms with E-state index < -0.39 is 13.5 Å². The zero-order chi connectivity index (χ0) is 21.2. The first-order valence-corrected chi connectivity index (χ1v) is 9.60. The first-order chi connectivity index (χ1) is 13.9. The van der Waals surface area contributed by atoms with Crippen molar-refractivity contribution in [3.05, 3.63) is 71.3 Å². The predicted molar refractivity (Wildman–Crippen MR) is 111 cm³/mol. The zero-order valence-electron chi connectivity index (χ0n) is 16.7. The lowest BCUT2D eigenvalue weighted by Gasteiger charge is -2.23. The molecule has 0 heterocycles. The number of amides is 2. The summed E-state index contributed by atoms with van der Waals surface area (Å²) in [6.45, 7) is 4.52. The van der Waals surface area contributed by atoms with Crippen molar-refractivity contribution in [1.82, 2.24) is 10.2 Å². The van der Waals surface area contributed by atoms with E-state index in [0.29, 0.717) is 12.1 Å². The van der Waals surface area contributed by atoms with E-state index in [9.17, 15) is 9.59 Å². The molecule has 0 aliphatic carbocycles. The number of nitrogens with zero attached hydrogens (tertiary/aromatic N) is 1. The van der Waals surface area contributed by atoms with E-state index in [1.807, 2.05) is 56.3 Å². The molecule has 29 heavy (non-hydrogen) atoms. The number of rotatable bonds is 10. The minimum Gasteiger partial charge on any atom is -0.402 e. The summed E-state index contributed by atoms with van der Waals surface area (Å²) >= 11 is 0. The second-order valence-corrected chi connectivity index (χ2v) is 6.71. The van der Waals surface area contributed by atoms with Crippen LogP contribution in [0.3, 0.4) is 0 Å². The molecule has 0 unspecified atom stereocenters. The Labute approximate surface area is 171 Å². The van der Waals surface area contributed by atoms with Crippen LogP contribution in [0.25, 0.3) is 0 Å². The van der Waals surface area contributed by atoms with E-state index in [-0.39, 0.29) is 31.2 Å². The molecule has 0 bridgehead atoms. The lowest BCUT2D eigenvalue weighted by atomic mass is 10.1. The molecule has 154 valence electrons. The molecule has 0 saturated heterocycles. The van der Waals surface area contributed by atoms with Gasteiger partial charge in [-0.15, -0.1) is 0 Å². The SMILES string of the molecule is CCN(CCC(=O)N[C@@H](Cc1ccccc1)OB(O)O)C(=O)c1ccc(C)cc1. The molecule has 2 rings (SSSR count). The fraction of sp³-hybridized carbons (Fsp3) is 0.333. The third-order valence-electron chi connectivity index (χ3n) is 4.45. The summed E-state index contributed by atoms with van der Waals surface area (Å²) in [7, 11) is -2.00. The second-order valence-electron chi connectivity index (χ2n) is 6.71. The first-order valence-electron chi connectivity index (χ1n) is 9.60. The molecule has 0 radical (unpaired) electrons. The van der Waals surface area contributed by atoms with Gasteiger partial charge >= 0.3 is 7.32 Å². The second kappa shape index (κ2) is 11.4. The Bertz CT molecular complexity index is 783. The minimum absolute atomic E-state index is 0.0710. The summed E-state index contributed by atoms with van der Waals surface area (Å²) in [6.07, 6.45) is -0.543. The zero-order valence-corrected chi connectivity index (χ0v) is 16.7. The molecule has 7 nitrogen and oxygen atoms in total. The van der Waals surface area contributed by atoms with Gasteiger partial charge in [-0.3, -0.25) is 9.59 Å². The van der Waals surface area contributed by atoms with Crippen molar-refractivity contribution < 1.29 is 24.3 Å². The Hall–Kier alpha value is -2.68. The van der Waals surface area contributed by atoms with Crippen molar-refractivity contribution in [2.75, 3.05) is 13.1 Å². The molecule has 8 heteroatoms. The van der Waals surface area contributed by atoms with Crippen LogP contribution in [-0.4, -0.2) is 53.4 Å². The number of hydrogen-bond acceptors (Lipinski definition) is 5. The van der Waals surface area contributed by atoms with Crippen LogP contribution < -0.4 is 5.32 Å². The average molecular weight is 398 g/mol. The van der Waals surface area contributed by atoms with Gasteiger partial charge < -0.3 is 24.9 Å². The van der Waals surface area contributed by atoms with E-state index in [1.54, 1.807) is 17.0 Å². The van der Waals surface area contributed by atoms with Gasteiger partial charge in [-0.05, 0) is 31.5 Å². The highest BCUT2D eigenvalue weighted by atomic mass is 16.6. The van der Waals surface area contributed by atoms with Crippen LogP contribution in [0.1, 0.15) is 34.8 Å². The third-order valence-corrected chi connectivity index (χ3v) is 4.45. The van der Waals surface area contributed by atoms with Crippen molar-refractivity contribution in [3.63, 3.8) is 0 Å². The van der Waals surface area contributed by atoms with Gasteiger partial charge in [-0.2, -0.15) is 0 Å². The number of benzene rings is 2. The Morgan fingerprint density at radius 3 is 2.34 bits per heavy atom. The number of carbonyl (C=O) groups excluding carboxylic acids is 2. The van der Waals surface area contributed by atoms with Crippen LogP contribution in [0.4, 0.5) is 0 Å².